The van der Waals surface area contributed by atoms with Gasteiger partial charge < -0.3 is 0 Å². The number of nitrogens with two attached hydrogens (primary N) is 1. The van der Waals surface area contributed by atoms with Crippen LogP contribution in [-0.2, 0) is 9.84 Å². The van der Waals surface area contributed by atoms with Gasteiger partial charge in [0.2, 0.25) is 0 Å². The third-order valence-electron chi connectivity index (χ3n) is 3.91. The van der Waals surface area contributed by atoms with Crippen molar-refractivity contribution in [2.75, 3.05) is 11.5 Å². The van der Waals surface area contributed by atoms with Crippen molar-refractivity contribution >= 4 is 9.84 Å². The van der Waals surface area contributed by atoms with E-state index in [9.17, 15) is 8.42 Å². The number of hydrazine groups is 1. The van der Waals surface area contributed by atoms with Crippen molar-refractivity contribution in [1.82, 2.24) is 5.43 Å². The average Bonchev–Trinajstić information content (AvgIpc) is 2.69. The predicted octanol–water partition coefficient (Wildman–Crippen LogP) is 1.63. The maximum atomic E-state index is 11.5. The van der Waals surface area contributed by atoms with Gasteiger partial charge in [-0.05, 0) is 43.7 Å². The summed E-state index contributed by atoms with van der Waals surface area (Å²) in [4.78, 5) is 0. The maximum Gasteiger partial charge on any atom is 0.150 e. The average molecular weight is 282 g/mol. The Morgan fingerprint density at radius 2 is 2.16 bits per heavy atom. The first-order chi connectivity index (χ1) is 8.91. The standard InChI is InChI=1S/C14H22N2O2S/c1-10-3-4-11(2)13(7-10)14(16-15)8-12-5-6-19(17,18)9-12/h3-4,7,12,14,16H,5-6,8-9,15H2,1-2H3. The number of benzene rings is 1. The van der Waals surface area contributed by atoms with Crippen LogP contribution in [0.3, 0.4) is 0 Å². The summed E-state index contributed by atoms with van der Waals surface area (Å²) < 4.78 is 23.0. The zero-order valence-corrected chi connectivity index (χ0v) is 12.3. The summed E-state index contributed by atoms with van der Waals surface area (Å²) >= 11 is 0. The van der Waals surface area contributed by atoms with E-state index in [0.29, 0.717) is 11.5 Å². The molecule has 3 N–H and O–H groups in total. The van der Waals surface area contributed by atoms with Crippen LogP contribution in [0.25, 0.3) is 0 Å². The Bertz CT molecular complexity index is 555. The molecule has 4 nitrogen and oxygen atoms in total. The second-order valence-electron chi connectivity index (χ2n) is 5.58. The highest BCUT2D eigenvalue weighted by molar-refractivity contribution is 7.91. The van der Waals surface area contributed by atoms with Gasteiger partial charge in [0.25, 0.3) is 0 Å². The molecule has 2 rings (SSSR count). The molecule has 1 saturated heterocycles. The normalized spacial score (nSPS) is 23.4. The lowest BCUT2D eigenvalue weighted by Crippen LogP contribution is -2.30. The van der Waals surface area contributed by atoms with Gasteiger partial charge >= 0.3 is 0 Å². The lowest BCUT2D eigenvalue weighted by Gasteiger charge is -2.21. The van der Waals surface area contributed by atoms with E-state index >= 15 is 0 Å². The highest BCUT2D eigenvalue weighted by Gasteiger charge is 2.30. The largest absolute Gasteiger partial charge is 0.271 e. The van der Waals surface area contributed by atoms with E-state index in [1.165, 1.54) is 16.7 Å². The lowest BCUT2D eigenvalue weighted by atomic mass is 9.91. The molecule has 0 radical (unpaired) electrons. The van der Waals surface area contributed by atoms with Gasteiger partial charge in [0.15, 0.2) is 9.84 Å². The Hall–Kier alpha value is -0.910. The lowest BCUT2D eigenvalue weighted by molar-refractivity contribution is 0.420. The van der Waals surface area contributed by atoms with E-state index in [0.717, 1.165) is 12.8 Å². The monoisotopic (exact) mass is 282 g/mol. The number of hydrogen-bond donors (Lipinski definition) is 2. The van der Waals surface area contributed by atoms with Gasteiger partial charge in [0, 0.05) is 6.04 Å². The SMILES string of the molecule is Cc1ccc(C)c(C(CC2CCS(=O)(=O)C2)NN)c1. The van der Waals surface area contributed by atoms with E-state index in [1.807, 2.05) is 0 Å². The van der Waals surface area contributed by atoms with Crippen molar-refractivity contribution in [3.8, 4) is 0 Å². The highest BCUT2D eigenvalue weighted by Crippen LogP contribution is 2.30. The van der Waals surface area contributed by atoms with E-state index in [-0.39, 0.29) is 12.0 Å². The molecule has 5 heteroatoms. The summed E-state index contributed by atoms with van der Waals surface area (Å²) in [7, 11) is -2.82. The van der Waals surface area contributed by atoms with Crippen LogP contribution in [0.5, 0.6) is 0 Å². The number of sulfone groups is 1. The third kappa shape index (κ3) is 3.55. The number of nitrogens with one attached hydrogen (secondary N) is 1. The van der Waals surface area contributed by atoms with E-state index in [2.05, 4.69) is 37.5 Å². The summed E-state index contributed by atoms with van der Waals surface area (Å²) in [5.41, 5.74) is 6.40. The Kier molecular flexibility index (Phi) is 4.28. The Balaban J connectivity index is 2.14. The van der Waals surface area contributed by atoms with E-state index in [1.54, 1.807) is 0 Å². The molecule has 1 aliphatic rings. The van der Waals surface area contributed by atoms with Crippen molar-refractivity contribution < 1.29 is 8.42 Å². The number of aryl methyl sites for hydroxylation is 2. The molecule has 1 fully saturated rings. The van der Waals surface area contributed by atoms with Crippen molar-refractivity contribution in [3.05, 3.63) is 34.9 Å². The molecule has 0 amide bonds. The zero-order valence-electron chi connectivity index (χ0n) is 11.5. The summed E-state index contributed by atoms with van der Waals surface area (Å²) in [5, 5.41) is 0. The molecule has 106 valence electrons. The maximum absolute atomic E-state index is 11.5. The molecule has 0 bridgehead atoms. The van der Waals surface area contributed by atoms with Crippen molar-refractivity contribution in [3.63, 3.8) is 0 Å². The van der Waals surface area contributed by atoms with Crippen LogP contribution in [0.15, 0.2) is 18.2 Å². The van der Waals surface area contributed by atoms with Gasteiger partial charge in [0.1, 0.15) is 0 Å². The van der Waals surface area contributed by atoms with Gasteiger partial charge in [-0.2, -0.15) is 0 Å². The first-order valence-corrected chi connectivity index (χ1v) is 8.47. The molecule has 2 unspecified atom stereocenters. The molecule has 2 atom stereocenters. The minimum Gasteiger partial charge on any atom is -0.271 e. The Morgan fingerprint density at radius 3 is 2.74 bits per heavy atom. The van der Waals surface area contributed by atoms with Gasteiger partial charge in [-0.3, -0.25) is 11.3 Å². The van der Waals surface area contributed by atoms with Crippen molar-refractivity contribution in [2.24, 2.45) is 11.8 Å². The predicted molar refractivity (Wildman–Crippen MR) is 77.4 cm³/mol. The van der Waals surface area contributed by atoms with E-state index < -0.39 is 9.84 Å². The first kappa shape index (κ1) is 14.5. The minimum absolute atomic E-state index is 0.0261. The Labute approximate surface area is 115 Å². The molecule has 0 aliphatic carbocycles. The van der Waals surface area contributed by atoms with Gasteiger partial charge in [-0.15, -0.1) is 0 Å². The first-order valence-electron chi connectivity index (χ1n) is 6.65. The summed E-state index contributed by atoms with van der Waals surface area (Å²) in [6.07, 6.45) is 1.53. The molecule has 1 aliphatic heterocycles. The summed E-state index contributed by atoms with van der Waals surface area (Å²) in [6.45, 7) is 4.11. The number of hydrogen-bond acceptors (Lipinski definition) is 4. The minimum atomic E-state index is -2.82. The summed E-state index contributed by atoms with van der Waals surface area (Å²) in [6, 6.07) is 6.31. The smallest absolute Gasteiger partial charge is 0.150 e. The van der Waals surface area contributed by atoms with Crippen LogP contribution in [-0.4, -0.2) is 19.9 Å². The van der Waals surface area contributed by atoms with Crippen LogP contribution in [0.4, 0.5) is 0 Å². The Morgan fingerprint density at radius 1 is 1.42 bits per heavy atom. The fourth-order valence-electron chi connectivity index (χ4n) is 2.81. The van der Waals surface area contributed by atoms with Gasteiger partial charge in [-0.25, -0.2) is 8.42 Å². The number of rotatable bonds is 4. The molecular weight excluding hydrogens is 260 g/mol. The molecular formula is C14H22N2O2S. The molecule has 1 aromatic carbocycles. The van der Waals surface area contributed by atoms with E-state index in [4.69, 9.17) is 5.84 Å². The highest BCUT2D eigenvalue weighted by atomic mass is 32.2. The topological polar surface area (TPSA) is 72.2 Å². The second-order valence-corrected chi connectivity index (χ2v) is 7.81. The van der Waals surface area contributed by atoms with Crippen molar-refractivity contribution in [2.45, 2.75) is 32.7 Å². The quantitative estimate of drug-likeness (QED) is 0.650. The zero-order chi connectivity index (χ0) is 14.0. The molecule has 0 spiro atoms. The molecule has 0 saturated carbocycles. The molecule has 19 heavy (non-hydrogen) atoms. The van der Waals surface area contributed by atoms with Crippen molar-refractivity contribution in [1.29, 1.82) is 0 Å². The second kappa shape index (κ2) is 5.61. The van der Waals surface area contributed by atoms with Crippen LogP contribution in [0.1, 0.15) is 35.6 Å². The fourth-order valence-corrected chi connectivity index (χ4v) is 4.69. The van der Waals surface area contributed by atoms with Crippen LogP contribution < -0.4 is 11.3 Å². The fraction of sp³-hybridized carbons (Fsp3) is 0.571. The third-order valence-corrected chi connectivity index (χ3v) is 5.74. The molecule has 0 aromatic heterocycles. The van der Waals surface area contributed by atoms with Crippen LogP contribution in [0, 0.1) is 19.8 Å². The summed E-state index contributed by atoms with van der Waals surface area (Å²) in [5.74, 6) is 6.51. The van der Waals surface area contributed by atoms with Crippen LogP contribution >= 0.6 is 0 Å². The van der Waals surface area contributed by atoms with Crippen LogP contribution in [0.2, 0.25) is 0 Å². The molecule has 1 heterocycles. The molecule has 1 aromatic rings. The van der Waals surface area contributed by atoms with Gasteiger partial charge in [-0.1, -0.05) is 23.8 Å². The van der Waals surface area contributed by atoms with Gasteiger partial charge in [0.05, 0.1) is 11.5 Å².